The molecule has 0 aromatic heterocycles. The molecule has 0 atom stereocenters. The largest absolute Gasteiger partial charge is 0.494 e. The molecule has 0 spiro atoms. The molecule has 0 fully saturated rings. The predicted octanol–water partition coefficient (Wildman–Crippen LogP) is 3.08. The Balaban J connectivity index is 2.34. The van der Waals surface area contributed by atoms with Crippen molar-refractivity contribution in [1.29, 1.82) is 0 Å². The van der Waals surface area contributed by atoms with Gasteiger partial charge in [0.25, 0.3) is 5.91 Å². The lowest BCUT2D eigenvalue weighted by atomic mass is 10.2. The predicted molar refractivity (Wildman–Crippen MR) is 102 cm³/mol. The molecule has 1 aromatic carbocycles. The number of rotatable bonds is 9. The van der Waals surface area contributed by atoms with Gasteiger partial charge in [-0.15, -0.1) is 0 Å². The standard InChI is InChI=1S/C18H27N3O3S/c1-3-5-7-8-16(22)20-21-18(25)19-17(23)14-9-11-15(12-10-14)24-13-6-4-2/h9-12H,3-8,13H2,1-2H3,(H,20,22)(H2,19,21,23,25). The molecule has 0 aliphatic heterocycles. The molecule has 3 N–H and O–H groups in total. The Hall–Kier alpha value is -2.15. The Labute approximate surface area is 154 Å². The minimum atomic E-state index is -0.349. The highest BCUT2D eigenvalue weighted by Crippen LogP contribution is 2.12. The molecular formula is C18H27N3O3S. The average molecular weight is 365 g/mol. The summed E-state index contributed by atoms with van der Waals surface area (Å²) < 4.78 is 5.55. The third-order valence-electron chi connectivity index (χ3n) is 3.43. The first-order chi connectivity index (χ1) is 12.1. The average Bonchev–Trinajstić information content (AvgIpc) is 2.61. The van der Waals surface area contributed by atoms with Crippen molar-refractivity contribution in [3.8, 4) is 5.75 Å². The van der Waals surface area contributed by atoms with Gasteiger partial charge in [0.1, 0.15) is 5.75 Å². The van der Waals surface area contributed by atoms with Crippen LogP contribution in [0.15, 0.2) is 24.3 Å². The summed E-state index contributed by atoms with van der Waals surface area (Å²) in [5.41, 5.74) is 5.46. The summed E-state index contributed by atoms with van der Waals surface area (Å²) >= 11 is 5.00. The fourth-order valence-corrected chi connectivity index (χ4v) is 2.11. The van der Waals surface area contributed by atoms with E-state index in [0.717, 1.165) is 37.9 Å². The number of hydrazine groups is 1. The molecule has 0 saturated heterocycles. The van der Waals surface area contributed by atoms with Gasteiger partial charge in [-0.05, 0) is 49.3 Å². The summed E-state index contributed by atoms with van der Waals surface area (Å²) in [5.74, 6) is 0.224. The fraction of sp³-hybridized carbons (Fsp3) is 0.500. The van der Waals surface area contributed by atoms with E-state index in [0.29, 0.717) is 18.6 Å². The highest BCUT2D eigenvalue weighted by molar-refractivity contribution is 7.80. The zero-order valence-corrected chi connectivity index (χ0v) is 15.7. The maximum atomic E-state index is 12.1. The number of carbonyl (C=O) groups excluding carboxylic acids is 2. The molecule has 0 radical (unpaired) electrons. The lowest BCUT2D eigenvalue weighted by molar-refractivity contribution is -0.121. The Morgan fingerprint density at radius 3 is 2.32 bits per heavy atom. The van der Waals surface area contributed by atoms with Crippen LogP contribution in [-0.2, 0) is 4.79 Å². The molecule has 1 rings (SSSR count). The first-order valence-corrected chi connectivity index (χ1v) is 9.10. The molecule has 0 aliphatic rings. The van der Waals surface area contributed by atoms with Gasteiger partial charge < -0.3 is 4.74 Å². The van der Waals surface area contributed by atoms with E-state index in [1.165, 1.54) is 0 Å². The van der Waals surface area contributed by atoms with Crippen molar-refractivity contribution in [2.45, 2.75) is 52.4 Å². The maximum Gasteiger partial charge on any atom is 0.257 e. The van der Waals surface area contributed by atoms with Crippen LogP contribution in [-0.4, -0.2) is 23.5 Å². The number of nitrogens with one attached hydrogen (secondary N) is 3. The third kappa shape index (κ3) is 9.05. The highest BCUT2D eigenvalue weighted by atomic mass is 32.1. The normalized spacial score (nSPS) is 10.0. The second-order valence-corrected chi connectivity index (χ2v) is 6.05. The minimum absolute atomic E-state index is 0.0529. The van der Waals surface area contributed by atoms with Crippen LogP contribution in [0.5, 0.6) is 5.75 Å². The van der Waals surface area contributed by atoms with E-state index in [1.54, 1.807) is 24.3 Å². The smallest absolute Gasteiger partial charge is 0.257 e. The van der Waals surface area contributed by atoms with Crippen molar-refractivity contribution in [3.63, 3.8) is 0 Å². The second-order valence-electron chi connectivity index (χ2n) is 5.64. The molecule has 0 bridgehead atoms. The SMILES string of the molecule is CCCCCC(=O)NNC(=S)NC(=O)c1ccc(OCCCC)cc1. The molecule has 0 heterocycles. The van der Waals surface area contributed by atoms with E-state index >= 15 is 0 Å². The van der Waals surface area contributed by atoms with E-state index in [-0.39, 0.29) is 16.9 Å². The van der Waals surface area contributed by atoms with Gasteiger partial charge in [0, 0.05) is 12.0 Å². The van der Waals surface area contributed by atoms with Crippen molar-refractivity contribution >= 4 is 29.1 Å². The number of amides is 2. The number of benzene rings is 1. The van der Waals surface area contributed by atoms with E-state index < -0.39 is 0 Å². The van der Waals surface area contributed by atoms with E-state index in [9.17, 15) is 9.59 Å². The van der Waals surface area contributed by atoms with Gasteiger partial charge >= 0.3 is 0 Å². The van der Waals surface area contributed by atoms with Gasteiger partial charge in [-0.2, -0.15) is 0 Å². The van der Waals surface area contributed by atoms with Crippen molar-refractivity contribution in [2.75, 3.05) is 6.61 Å². The van der Waals surface area contributed by atoms with Crippen LogP contribution >= 0.6 is 12.2 Å². The molecule has 0 unspecified atom stereocenters. The fourth-order valence-electron chi connectivity index (χ4n) is 1.97. The molecule has 1 aromatic rings. The zero-order chi connectivity index (χ0) is 18.5. The summed E-state index contributed by atoms with van der Waals surface area (Å²) in [4.78, 5) is 23.7. The number of hydrogen-bond acceptors (Lipinski definition) is 4. The molecule has 2 amide bonds. The van der Waals surface area contributed by atoms with Crippen molar-refractivity contribution < 1.29 is 14.3 Å². The maximum absolute atomic E-state index is 12.1. The van der Waals surface area contributed by atoms with Crippen LogP contribution in [0.1, 0.15) is 62.7 Å². The van der Waals surface area contributed by atoms with Gasteiger partial charge in [0.2, 0.25) is 5.91 Å². The van der Waals surface area contributed by atoms with Gasteiger partial charge in [-0.25, -0.2) is 0 Å². The van der Waals surface area contributed by atoms with Gasteiger partial charge in [-0.1, -0.05) is 33.1 Å². The summed E-state index contributed by atoms with van der Waals surface area (Å²) in [6, 6.07) is 6.83. The van der Waals surface area contributed by atoms with Crippen LogP contribution < -0.4 is 20.9 Å². The topological polar surface area (TPSA) is 79.5 Å². The molecule has 138 valence electrons. The van der Waals surface area contributed by atoms with E-state index in [1.807, 2.05) is 0 Å². The van der Waals surface area contributed by atoms with Crippen molar-refractivity contribution in [1.82, 2.24) is 16.2 Å². The molecular weight excluding hydrogens is 338 g/mol. The number of ether oxygens (including phenoxy) is 1. The Morgan fingerprint density at radius 2 is 1.68 bits per heavy atom. The second kappa shape index (κ2) is 12.2. The number of thiocarbonyl (C=S) groups is 1. The lowest BCUT2D eigenvalue weighted by Gasteiger charge is -2.11. The van der Waals surface area contributed by atoms with Gasteiger partial charge in [0.15, 0.2) is 5.11 Å². The quantitative estimate of drug-likeness (QED) is 0.356. The Morgan fingerprint density at radius 1 is 1.00 bits per heavy atom. The first kappa shape index (κ1) is 20.9. The molecule has 25 heavy (non-hydrogen) atoms. The Kier molecular flexibility index (Phi) is 10.2. The lowest BCUT2D eigenvalue weighted by Crippen LogP contribution is -2.48. The monoisotopic (exact) mass is 365 g/mol. The summed E-state index contributed by atoms with van der Waals surface area (Å²) in [6.07, 6.45) is 5.38. The van der Waals surface area contributed by atoms with E-state index in [2.05, 4.69) is 30.0 Å². The summed E-state index contributed by atoms with van der Waals surface area (Å²) in [6.45, 7) is 4.83. The first-order valence-electron chi connectivity index (χ1n) is 8.69. The summed E-state index contributed by atoms with van der Waals surface area (Å²) in [5, 5.41) is 2.57. The minimum Gasteiger partial charge on any atom is -0.494 e. The number of unbranched alkanes of at least 4 members (excludes halogenated alkanes) is 3. The van der Waals surface area contributed by atoms with Crippen LogP contribution in [0.3, 0.4) is 0 Å². The molecule has 0 saturated carbocycles. The van der Waals surface area contributed by atoms with Crippen LogP contribution in [0.25, 0.3) is 0 Å². The third-order valence-corrected chi connectivity index (χ3v) is 3.64. The zero-order valence-electron chi connectivity index (χ0n) is 14.9. The molecule has 6 nitrogen and oxygen atoms in total. The highest BCUT2D eigenvalue weighted by Gasteiger charge is 2.09. The van der Waals surface area contributed by atoms with Crippen LogP contribution in [0.4, 0.5) is 0 Å². The van der Waals surface area contributed by atoms with Gasteiger partial charge in [0.05, 0.1) is 6.61 Å². The van der Waals surface area contributed by atoms with Crippen LogP contribution in [0.2, 0.25) is 0 Å². The van der Waals surface area contributed by atoms with Crippen LogP contribution in [0, 0.1) is 0 Å². The van der Waals surface area contributed by atoms with E-state index in [4.69, 9.17) is 17.0 Å². The van der Waals surface area contributed by atoms with Crippen molar-refractivity contribution in [3.05, 3.63) is 29.8 Å². The van der Waals surface area contributed by atoms with Crippen molar-refractivity contribution in [2.24, 2.45) is 0 Å². The summed E-state index contributed by atoms with van der Waals surface area (Å²) in [7, 11) is 0. The number of carbonyl (C=O) groups is 2. The number of hydrogen-bond donors (Lipinski definition) is 3. The Bertz CT molecular complexity index is 561. The molecule has 7 heteroatoms. The van der Waals surface area contributed by atoms with Gasteiger partial charge in [-0.3, -0.25) is 25.8 Å². The molecule has 0 aliphatic carbocycles.